The lowest BCUT2D eigenvalue weighted by atomic mass is 9.82. The Morgan fingerprint density at radius 2 is 1.67 bits per heavy atom. The van der Waals surface area contributed by atoms with Crippen LogP contribution in [0.25, 0.3) is 0 Å². The van der Waals surface area contributed by atoms with E-state index in [0.29, 0.717) is 0 Å². The molecule has 15 heavy (non-hydrogen) atoms. The molecule has 2 heterocycles. The van der Waals surface area contributed by atoms with Crippen LogP contribution in [0.1, 0.15) is 47.0 Å². The van der Waals surface area contributed by atoms with E-state index in [0.717, 1.165) is 0 Å². The van der Waals surface area contributed by atoms with E-state index in [4.69, 9.17) is 0 Å². The standard InChI is InChI=1S/C11H20N4/c1-10(2)6-5-7-11(3,4)15(10)14-9-8-12-13-14/h8-9H,5-7H2,1-4H3. The highest BCUT2D eigenvalue weighted by Gasteiger charge is 2.42. The van der Waals surface area contributed by atoms with Crippen molar-refractivity contribution in [3.05, 3.63) is 12.4 Å². The van der Waals surface area contributed by atoms with Crippen molar-refractivity contribution in [1.29, 1.82) is 0 Å². The lowest BCUT2D eigenvalue weighted by Crippen LogP contribution is -2.64. The van der Waals surface area contributed by atoms with Gasteiger partial charge in [-0.05, 0) is 52.2 Å². The average Bonchev–Trinajstić information content (AvgIpc) is 2.53. The van der Waals surface area contributed by atoms with Crippen LogP contribution in [0, 0.1) is 0 Å². The molecule has 1 saturated heterocycles. The average molecular weight is 208 g/mol. The summed E-state index contributed by atoms with van der Waals surface area (Å²) in [6.07, 6.45) is 7.35. The summed E-state index contributed by atoms with van der Waals surface area (Å²) in [4.78, 5) is 1.89. The Morgan fingerprint density at radius 3 is 2.13 bits per heavy atom. The second kappa shape index (κ2) is 3.22. The minimum absolute atomic E-state index is 0.148. The van der Waals surface area contributed by atoms with E-state index >= 15 is 0 Å². The van der Waals surface area contributed by atoms with Crippen LogP contribution < -0.4 is 5.01 Å². The van der Waals surface area contributed by atoms with Crippen molar-refractivity contribution in [2.24, 2.45) is 0 Å². The summed E-state index contributed by atoms with van der Waals surface area (Å²) in [5, 5.41) is 10.4. The van der Waals surface area contributed by atoms with E-state index in [1.165, 1.54) is 19.3 Å². The predicted molar refractivity (Wildman–Crippen MR) is 60.2 cm³/mol. The molecule has 1 aromatic heterocycles. The molecule has 4 heteroatoms. The van der Waals surface area contributed by atoms with E-state index in [-0.39, 0.29) is 11.1 Å². The SMILES string of the molecule is CC1(C)CCCC(C)(C)N1n1ccnn1. The maximum absolute atomic E-state index is 4.12. The molecule has 1 aliphatic heterocycles. The Labute approximate surface area is 91.2 Å². The fourth-order valence-corrected chi connectivity index (χ4v) is 2.85. The van der Waals surface area contributed by atoms with Gasteiger partial charge in [-0.1, -0.05) is 0 Å². The summed E-state index contributed by atoms with van der Waals surface area (Å²) in [6.45, 7) is 9.09. The molecule has 0 aliphatic carbocycles. The van der Waals surface area contributed by atoms with Crippen molar-refractivity contribution in [3.63, 3.8) is 0 Å². The summed E-state index contributed by atoms with van der Waals surface area (Å²) in [7, 11) is 0. The zero-order chi connectivity index (χ0) is 11.1. The van der Waals surface area contributed by atoms with Crippen molar-refractivity contribution in [3.8, 4) is 0 Å². The molecule has 0 bridgehead atoms. The van der Waals surface area contributed by atoms with Crippen LogP contribution in [0.15, 0.2) is 12.4 Å². The first kappa shape index (κ1) is 10.5. The largest absolute Gasteiger partial charge is 0.285 e. The molecular formula is C11H20N4. The van der Waals surface area contributed by atoms with Gasteiger partial charge >= 0.3 is 0 Å². The van der Waals surface area contributed by atoms with Gasteiger partial charge in [-0.3, -0.25) is 5.01 Å². The van der Waals surface area contributed by atoms with Gasteiger partial charge in [-0.15, -0.1) is 5.10 Å². The van der Waals surface area contributed by atoms with Crippen molar-refractivity contribution >= 4 is 0 Å². The Bertz CT molecular complexity index is 310. The highest BCUT2D eigenvalue weighted by molar-refractivity contribution is 5.13. The smallest absolute Gasteiger partial charge is 0.0715 e. The zero-order valence-electron chi connectivity index (χ0n) is 10.1. The monoisotopic (exact) mass is 208 g/mol. The molecular weight excluding hydrogens is 188 g/mol. The van der Waals surface area contributed by atoms with Crippen LogP contribution in [0.2, 0.25) is 0 Å². The molecule has 84 valence electrons. The fraction of sp³-hybridized carbons (Fsp3) is 0.818. The van der Waals surface area contributed by atoms with Gasteiger partial charge in [-0.2, -0.15) is 4.79 Å². The molecule has 0 radical (unpaired) electrons. The Hall–Kier alpha value is -1.06. The molecule has 0 atom stereocenters. The van der Waals surface area contributed by atoms with Gasteiger partial charge in [0.15, 0.2) is 0 Å². The molecule has 1 aromatic rings. The minimum Gasteiger partial charge on any atom is -0.285 e. The molecule has 2 rings (SSSR count). The van der Waals surface area contributed by atoms with Crippen LogP contribution >= 0.6 is 0 Å². The third-order valence-corrected chi connectivity index (χ3v) is 3.34. The maximum Gasteiger partial charge on any atom is 0.0715 e. The number of nitrogens with zero attached hydrogens (tertiary/aromatic N) is 4. The second-order valence-corrected chi connectivity index (χ2v) is 5.61. The fourth-order valence-electron chi connectivity index (χ4n) is 2.85. The van der Waals surface area contributed by atoms with Gasteiger partial charge in [0.1, 0.15) is 0 Å². The van der Waals surface area contributed by atoms with Crippen molar-refractivity contribution < 1.29 is 0 Å². The van der Waals surface area contributed by atoms with Gasteiger partial charge < -0.3 is 0 Å². The number of hydrogen-bond donors (Lipinski definition) is 0. The van der Waals surface area contributed by atoms with Crippen LogP contribution in [-0.4, -0.2) is 26.2 Å². The van der Waals surface area contributed by atoms with Gasteiger partial charge in [-0.25, -0.2) is 0 Å². The number of piperidine rings is 1. The third kappa shape index (κ3) is 1.73. The van der Waals surface area contributed by atoms with Crippen LogP contribution in [0.5, 0.6) is 0 Å². The summed E-state index contributed by atoms with van der Waals surface area (Å²) in [5.41, 5.74) is 0.297. The Balaban J connectivity index is 2.39. The third-order valence-electron chi connectivity index (χ3n) is 3.34. The molecule has 0 unspecified atom stereocenters. The highest BCUT2D eigenvalue weighted by Crippen LogP contribution is 2.36. The summed E-state index contributed by atoms with van der Waals surface area (Å²) in [6, 6.07) is 0. The Kier molecular flexibility index (Phi) is 2.24. The molecule has 1 aliphatic rings. The number of rotatable bonds is 1. The second-order valence-electron chi connectivity index (χ2n) is 5.61. The lowest BCUT2D eigenvalue weighted by molar-refractivity contribution is 0.172. The molecule has 0 saturated carbocycles. The normalized spacial score (nSPS) is 24.1. The van der Waals surface area contributed by atoms with Crippen molar-refractivity contribution in [2.45, 2.75) is 58.0 Å². The Morgan fingerprint density at radius 1 is 1.07 bits per heavy atom. The van der Waals surface area contributed by atoms with E-state index in [1.54, 1.807) is 6.20 Å². The van der Waals surface area contributed by atoms with E-state index in [9.17, 15) is 0 Å². The summed E-state index contributed by atoms with van der Waals surface area (Å²) >= 11 is 0. The van der Waals surface area contributed by atoms with Gasteiger partial charge in [0.2, 0.25) is 0 Å². The quantitative estimate of drug-likeness (QED) is 0.707. The predicted octanol–water partition coefficient (Wildman–Crippen LogP) is 1.96. The number of aromatic nitrogens is 3. The molecule has 1 fully saturated rings. The van der Waals surface area contributed by atoms with Crippen molar-refractivity contribution in [1.82, 2.24) is 15.1 Å². The molecule has 0 amide bonds. The molecule has 0 N–H and O–H groups in total. The first-order chi connectivity index (χ1) is 6.93. The molecule has 0 aromatic carbocycles. The molecule has 0 spiro atoms. The van der Waals surface area contributed by atoms with E-state index in [2.05, 4.69) is 43.0 Å². The van der Waals surface area contributed by atoms with Gasteiger partial charge in [0.05, 0.1) is 23.5 Å². The minimum atomic E-state index is 0.148. The zero-order valence-corrected chi connectivity index (χ0v) is 10.1. The number of hydrogen-bond acceptors (Lipinski definition) is 3. The van der Waals surface area contributed by atoms with Crippen LogP contribution in [0.3, 0.4) is 0 Å². The van der Waals surface area contributed by atoms with Crippen LogP contribution in [0.4, 0.5) is 0 Å². The molecule has 4 nitrogen and oxygen atoms in total. The van der Waals surface area contributed by atoms with Gasteiger partial charge in [0.25, 0.3) is 0 Å². The topological polar surface area (TPSA) is 34.0 Å². The first-order valence-corrected chi connectivity index (χ1v) is 5.60. The van der Waals surface area contributed by atoms with E-state index < -0.39 is 0 Å². The van der Waals surface area contributed by atoms with Crippen molar-refractivity contribution in [2.75, 3.05) is 5.01 Å². The lowest BCUT2D eigenvalue weighted by Gasteiger charge is -2.53. The van der Waals surface area contributed by atoms with E-state index in [1.807, 2.05) is 11.0 Å². The first-order valence-electron chi connectivity index (χ1n) is 5.60. The summed E-state index contributed by atoms with van der Waals surface area (Å²) < 4.78 is 0. The highest BCUT2D eigenvalue weighted by atomic mass is 15.7. The van der Waals surface area contributed by atoms with Crippen LogP contribution in [-0.2, 0) is 0 Å². The maximum atomic E-state index is 4.12. The summed E-state index contributed by atoms with van der Waals surface area (Å²) in [5.74, 6) is 0. The van der Waals surface area contributed by atoms with Gasteiger partial charge in [0, 0.05) is 0 Å².